The van der Waals surface area contributed by atoms with E-state index in [2.05, 4.69) is 25.6 Å². The lowest BCUT2D eigenvalue weighted by Crippen LogP contribution is -2.03. The van der Waals surface area contributed by atoms with E-state index in [1.165, 1.54) is 42.1 Å². The highest BCUT2D eigenvalue weighted by atomic mass is 32.2. The van der Waals surface area contributed by atoms with Crippen molar-refractivity contribution >= 4 is 16.1 Å². The lowest BCUT2D eigenvalue weighted by Gasteiger charge is -2.05. The third-order valence-electron chi connectivity index (χ3n) is 5.46. The highest BCUT2D eigenvalue weighted by Gasteiger charge is 2.17. The summed E-state index contributed by atoms with van der Waals surface area (Å²) in [6.07, 6.45) is 3.27. The first-order chi connectivity index (χ1) is 17.7. The van der Waals surface area contributed by atoms with Gasteiger partial charge in [-0.15, -0.1) is 10.2 Å². The summed E-state index contributed by atoms with van der Waals surface area (Å²) in [4.78, 5) is 16.7. The zero-order valence-electron chi connectivity index (χ0n) is 19.5. The number of rotatable bonds is 6. The number of pyridine rings is 1. The number of aromatic nitrogens is 7. The summed E-state index contributed by atoms with van der Waals surface area (Å²) >= 11 is 0. The Morgan fingerprint density at radius 1 is 0.811 bits per heavy atom. The number of esters is 1. The van der Waals surface area contributed by atoms with E-state index in [4.69, 9.17) is 4.74 Å². The molecule has 3 heterocycles. The van der Waals surface area contributed by atoms with Crippen molar-refractivity contribution in [2.75, 3.05) is 7.11 Å². The largest absolute Gasteiger partial charge is 0.465 e. The first-order valence-corrected chi connectivity index (χ1v) is 12.3. The maximum atomic E-state index is 12.4. The maximum absolute atomic E-state index is 12.4. The van der Waals surface area contributed by atoms with Crippen LogP contribution in [0.1, 0.15) is 15.9 Å². The van der Waals surface area contributed by atoms with E-state index < -0.39 is 16.1 Å². The summed E-state index contributed by atoms with van der Waals surface area (Å²) in [6, 6.07) is 16.3. The summed E-state index contributed by atoms with van der Waals surface area (Å²) in [5.74, 6) is -0.566. The van der Waals surface area contributed by atoms with Crippen molar-refractivity contribution in [3.05, 3.63) is 84.2 Å². The van der Waals surface area contributed by atoms with Gasteiger partial charge in [-0.05, 0) is 55.5 Å². The predicted molar refractivity (Wildman–Crippen MR) is 131 cm³/mol. The molecule has 186 valence electrons. The fourth-order valence-electron chi connectivity index (χ4n) is 3.51. The van der Waals surface area contributed by atoms with E-state index >= 15 is 0 Å². The van der Waals surface area contributed by atoms with Gasteiger partial charge >= 0.3 is 5.97 Å². The van der Waals surface area contributed by atoms with E-state index in [1.54, 1.807) is 23.1 Å². The molecule has 0 fully saturated rings. The standard InChI is InChI=1S/C24H19N7O5S/c1-15-3-5-17(6-4-15)30-13-22(26-28-30)20-11-16(24(32)36-2)12-21(25-20)23-14-31(29-27-23)18-7-9-19(10-8-18)37(33,34)35/h3-14H,1-2H3,(H,33,34,35). The van der Waals surface area contributed by atoms with Gasteiger partial charge in [-0.3, -0.25) is 4.55 Å². The van der Waals surface area contributed by atoms with Crippen LogP contribution in [0.4, 0.5) is 0 Å². The fourth-order valence-corrected chi connectivity index (χ4v) is 3.99. The predicted octanol–water partition coefficient (Wildman–Crippen LogP) is 2.92. The van der Waals surface area contributed by atoms with Gasteiger partial charge in [0, 0.05) is 0 Å². The summed E-state index contributed by atoms with van der Waals surface area (Å²) in [6.45, 7) is 1.99. The minimum atomic E-state index is -4.32. The molecule has 0 bridgehead atoms. The van der Waals surface area contributed by atoms with Gasteiger partial charge in [0.25, 0.3) is 10.1 Å². The van der Waals surface area contributed by atoms with Gasteiger partial charge in [-0.1, -0.05) is 28.1 Å². The van der Waals surface area contributed by atoms with Gasteiger partial charge in [0.05, 0.1) is 52.7 Å². The molecule has 12 nitrogen and oxygen atoms in total. The second-order valence-corrected chi connectivity index (χ2v) is 9.44. The van der Waals surface area contributed by atoms with Crippen LogP contribution in [0.3, 0.4) is 0 Å². The molecule has 0 amide bonds. The molecule has 0 aliphatic carbocycles. The zero-order valence-corrected chi connectivity index (χ0v) is 20.4. The lowest BCUT2D eigenvalue weighted by molar-refractivity contribution is 0.0600. The molecule has 0 unspecified atom stereocenters. The highest BCUT2D eigenvalue weighted by molar-refractivity contribution is 7.85. The average molecular weight is 518 g/mol. The van der Waals surface area contributed by atoms with E-state index in [-0.39, 0.29) is 10.5 Å². The van der Waals surface area contributed by atoms with Crippen molar-refractivity contribution in [3.63, 3.8) is 0 Å². The number of hydrogen-bond donors (Lipinski definition) is 1. The molecule has 5 rings (SSSR count). The minimum Gasteiger partial charge on any atom is -0.465 e. The normalized spacial score (nSPS) is 11.4. The van der Waals surface area contributed by atoms with Gasteiger partial charge in [-0.2, -0.15) is 8.42 Å². The smallest absolute Gasteiger partial charge is 0.338 e. The molecule has 0 spiro atoms. The lowest BCUT2D eigenvalue weighted by atomic mass is 10.1. The molecule has 13 heteroatoms. The van der Waals surface area contributed by atoms with E-state index in [9.17, 15) is 17.8 Å². The van der Waals surface area contributed by atoms with E-state index in [1.807, 2.05) is 31.2 Å². The number of ether oxygens (including phenoxy) is 1. The van der Waals surface area contributed by atoms with Crippen LogP contribution < -0.4 is 0 Å². The first kappa shape index (κ1) is 24.0. The third-order valence-corrected chi connectivity index (χ3v) is 6.32. The molecule has 37 heavy (non-hydrogen) atoms. The van der Waals surface area contributed by atoms with Crippen LogP contribution in [0.5, 0.6) is 0 Å². The number of carbonyl (C=O) groups excluding carboxylic acids is 1. The third kappa shape index (κ3) is 4.98. The number of nitrogens with zero attached hydrogens (tertiary/aromatic N) is 7. The Bertz CT molecular complexity index is 1710. The molecule has 5 aromatic rings. The van der Waals surface area contributed by atoms with Crippen LogP contribution in [-0.4, -0.2) is 61.0 Å². The molecule has 0 aliphatic rings. The van der Waals surface area contributed by atoms with Crippen molar-refractivity contribution in [3.8, 4) is 34.2 Å². The molecule has 0 atom stereocenters. The number of hydrogen-bond acceptors (Lipinski definition) is 9. The Labute approximate surface area is 210 Å². The minimum absolute atomic E-state index is 0.236. The SMILES string of the molecule is COC(=O)c1cc(-c2cn(-c3ccc(C)cc3)nn2)nc(-c2cn(-c3ccc(S(=O)(=O)O)cc3)nn2)c1. The van der Waals surface area contributed by atoms with Gasteiger partial charge in [0.15, 0.2) is 0 Å². The maximum Gasteiger partial charge on any atom is 0.338 e. The summed E-state index contributed by atoms with van der Waals surface area (Å²) in [7, 11) is -3.04. The van der Waals surface area contributed by atoms with Crippen LogP contribution in [0.25, 0.3) is 34.2 Å². The van der Waals surface area contributed by atoms with Crippen molar-refractivity contribution in [1.82, 2.24) is 35.0 Å². The second kappa shape index (κ2) is 9.37. The summed E-state index contributed by atoms with van der Waals surface area (Å²) in [5.41, 5.74) is 4.15. The first-order valence-electron chi connectivity index (χ1n) is 10.8. The Balaban J connectivity index is 1.52. The van der Waals surface area contributed by atoms with Gasteiger partial charge in [-0.25, -0.2) is 19.1 Å². The number of aryl methyl sites for hydroxylation is 1. The van der Waals surface area contributed by atoms with E-state index in [0.29, 0.717) is 28.5 Å². The van der Waals surface area contributed by atoms with Crippen LogP contribution >= 0.6 is 0 Å². The van der Waals surface area contributed by atoms with Crippen LogP contribution in [0, 0.1) is 6.92 Å². The van der Waals surface area contributed by atoms with E-state index in [0.717, 1.165) is 11.3 Å². The Kier molecular flexibility index (Phi) is 6.07. The Morgan fingerprint density at radius 3 is 1.76 bits per heavy atom. The molecule has 0 saturated heterocycles. The number of benzene rings is 2. The molecule has 1 N–H and O–H groups in total. The van der Waals surface area contributed by atoms with Crippen molar-refractivity contribution in [2.24, 2.45) is 0 Å². The van der Waals surface area contributed by atoms with Gasteiger partial charge < -0.3 is 4.74 Å². The molecule has 0 radical (unpaired) electrons. The average Bonchev–Trinajstić information content (AvgIpc) is 3.59. The van der Waals surface area contributed by atoms with Crippen LogP contribution in [-0.2, 0) is 14.9 Å². The number of methoxy groups -OCH3 is 1. The van der Waals surface area contributed by atoms with Crippen molar-refractivity contribution in [2.45, 2.75) is 11.8 Å². The second-order valence-electron chi connectivity index (χ2n) is 8.02. The Hall–Kier alpha value is -4.75. The molecule has 0 aliphatic heterocycles. The Morgan fingerprint density at radius 2 is 1.30 bits per heavy atom. The van der Waals surface area contributed by atoms with Gasteiger partial charge in [0.2, 0.25) is 0 Å². The van der Waals surface area contributed by atoms with Crippen molar-refractivity contribution in [1.29, 1.82) is 0 Å². The fraction of sp³-hybridized carbons (Fsp3) is 0.0833. The highest BCUT2D eigenvalue weighted by Crippen LogP contribution is 2.24. The number of carbonyl (C=O) groups is 1. The quantitative estimate of drug-likeness (QED) is 0.262. The van der Waals surface area contributed by atoms with Crippen molar-refractivity contribution < 1.29 is 22.5 Å². The molecular weight excluding hydrogens is 498 g/mol. The zero-order chi connectivity index (χ0) is 26.2. The molecule has 3 aromatic heterocycles. The monoisotopic (exact) mass is 517 g/mol. The van der Waals surface area contributed by atoms with Crippen LogP contribution in [0.15, 0.2) is 78.0 Å². The summed E-state index contributed by atoms with van der Waals surface area (Å²) < 4.78 is 39.7. The molecule has 0 saturated carbocycles. The molecular formula is C24H19N7O5S. The van der Waals surface area contributed by atoms with Crippen LogP contribution in [0.2, 0.25) is 0 Å². The molecule has 2 aromatic carbocycles. The topological polar surface area (TPSA) is 155 Å². The summed E-state index contributed by atoms with van der Waals surface area (Å²) in [5, 5.41) is 16.6. The van der Waals surface area contributed by atoms with Gasteiger partial charge in [0.1, 0.15) is 11.4 Å².